The van der Waals surface area contributed by atoms with Crippen LogP contribution in [0, 0.1) is 0 Å². The van der Waals surface area contributed by atoms with E-state index in [4.69, 9.17) is 29.4 Å². The topological polar surface area (TPSA) is 161 Å². The molecule has 0 amide bonds. The molecular formula is C29H45NO10. The first-order valence-corrected chi connectivity index (χ1v) is 13.6. The number of nitrogens with two attached hydrogens (primary N) is 1. The lowest BCUT2D eigenvalue weighted by Gasteiger charge is -2.28. The van der Waals surface area contributed by atoms with Crippen LogP contribution in [0.3, 0.4) is 0 Å². The van der Waals surface area contributed by atoms with Gasteiger partial charge in [0, 0.05) is 19.3 Å². The summed E-state index contributed by atoms with van der Waals surface area (Å²) in [4.78, 5) is 49.2. The lowest BCUT2D eigenvalue weighted by atomic mass is 9.86. The van der Waals surface area contributed by atoms with Gasteiger partial charge in [-0.1, -0.05) is 33.3 Å². The molecule has 0 aliphatic carbocycles. The van der Waals surface area contributed by atoms with Crippen molar-refractivity contribution < 1.29 is 48.0 Å². The number of carboxylic acids is 1. The first-order valence-electron chi connectivity index (χ1n) is 13.6. The molecule has 40 heavy (non-hydrogen) atoms. The molecule has 0 aliphatic rings. The highest BCUT2D eigenvalue weighted by atomic mass is 16.8. The Kier molecular flexibility index (Phi) is 12.9. The minimum Gasteiger partial charge on any atom is -0.480 e. The highest BCUT2D eigenvalue weighted by Gasteiger charge is 2.37. The maximum atomic E-state index is 12.5. The van der Waals surface area contributed by atoms with Gasteiger partial charge in [-0.05, 0) is 71.6 Å². The second-order valence-corrected chi connectivity index (χ2v) is 11.2. The van der Waals surface area contributed by atoms with Crippen molar-refractivity contribution in [3.05, 3.63) is 23.8 Å². The molecule has 0 spiro atoms. The minimum atomic E-state index is -1.82. The lowest BCUT2D eigenvalue weighted by molar-refractivity contribution is -0.153. The number of esters is 1. The number of carboxylic acid groups (broad SMARTS) is 1. The Morgan fingerprint density at radius 3 is 1.90 bits per heavy atom. The highest BCUT2D eigenvalue weighted by Crippen LogP contribution is 2.32. The molecule has 3 N–H and O–H groups in total. The molecular weight excluding hydrogens is 522 g/mol. The third kappa shape index (κ3) is 11.8. The van der Waals surface area contributed by atoms with Crippen molar-refractivity contribution in [2.45, 2.75) is 123 Å². The third-order valence-electron chi connectivity index (χ3n) is 6.48. The molecule has 1 aromatic rings. The number of hydrogen-bond acceptors (Lipinski definition) is 10. The van der Waals surface area contributed by atoms with Gasteiger partial charge in [0.25, 0.3) is 0 Å². The first-order chi connectivity index (χ1) is 18.5. The van der Waals surface area contributed by atoms with Crippen molar-refractivity contribution >= 4 is 24.2 Å². The highest BCUT2D eigenvalue weighted by molar-refractivity contribution is 5.79. The van der Waals surface area contributed by atoms with Crippen LogP contribution >= 0.6 is 0 Å². The molecule has 11 heteroatoms. The summed E-state index contributed by atoms with van der Waals surface area (Å²) in [5.41, 5.74) is 3.21. The molecule has 0 aromatic heterocycles. The summed E-state index contributed by atoms with van der Waals surface area (Å²) in [6.07, 6.45) is -0.424. The van der Waals surface area contributed by atoms with Gasteiger partial charge in [0.1, 0.15) is 22.8 Å². The van der Waals surface area contributed by atoms with E-state index in [0.717, 1.165) is 6.42 Å². The van der Waals surface area contributed by atoms with Crippen LogP contribution in [0.15, 0.2) is 18.2 Å². The maximum Gasteiger partial charge on any atom is 0.514 e. The average molecular weight is 568 g/mol. The number of carbonyl (C=O) groups is 4. The lowest BCUT2D eigenvalue weighted by Crippen LogP contribution is -2.52. The predicted octanol–water partition coefficient (Wildman–Crippen LogP) is 5.93. The van der Waals surface area contributed by atoms with Crippen molar-refractivity contribution in [2.75, 3.05) is 0 Å². The standard InChI is InChI=1S/C29H45NO10/c1-9-12-13-23(31)36-19(4)17-29(30,24(32)33)18-20-14-15-21(37-25(34)39-27(5,6)10-2)22(16-20)38-26(35)40-28(7,8)11-3/h14-16,19H,9-13,17-18,30H2,1-8H3,(H,32,33)/t19-,29?/m0/s1. The zero-order valence-electron chi connectivity index (χ0n) is 25.0. The fourth-order valence-electron chi connectivity index (χ4n) is 3.40. The second-order valence-electron chi connectivity index (χ2n) is 11.2. The largest absolute Gasteiger partial charge is 0.514 e. The minimum absolute atomic E-state index is 0.136. The zero-order chi connectivity index (χ0) is 30.7. The molecule has 226 valence electrons. The van der Waals surface area contributed by atoms with Gasteiger partial charge in [-0.3, -0.25) is 9.59 Å². The molecule has 0 saturated carbocycles. The first kappa shape index (κ1) is 34.7. The van der Waals surface area contributed by atoms with Crippen LogP contribution in [0.2, 0.25) is 0 Å². The van der Waals surface area contributed by atoms with Gasteiger partial charge < -0.3 is 34.5 Å². The molecule has 11 nitrogen and oxygen atoms in total. The second kappa shape index (κ2) is 14.9. The quantitative estimate of drug-likeness (QED) is 0.147. The van der Waals surface area contributed by atoms with Crippen LogP contribution in [0.4, 0.5) is 9.59 Å². The van der Waals surface area contributed by atoms with E-state index < -0.39 is 47.1 Å². The van der Waals surface area contributed by atoms with E-state index in [1.54, 1.807) is 34.6 Å². The molecule has 0 radical (unpaired) electrons. The number of rotatable bonds is 15. The van der Waals surface area contributed by atoms with E-state index in [1.807, 2.05) is 20.8 Å². The predicted molar refractivity (Wildman–Crippen MR) is 147 cm³/mol. The summed E-state index contributed by atoms with van der Waals surface area (Å²) in [5.74, 6) is -2.05. The van der Waals surface area contributed by atoms with Gasteiger partial charge in [0.15, 0.2) is 11.5 Å². The van der Waals surface area contributed by atoms with Crippen LogP contribution in [0.25, 0.3) is 0 Å². The summed E-state index contributed by atoms with van der Waals surface area (Å²) in [7, 11) is 0. The van der Waals surface area contributed by atoms with Crippen LogP contribution in [-0.2, 0) is 30.2 Å². The Labute approximate surface area is 236 Å². The molecule has 0 saturated heterocycles. The summed E-state index contributed by atoms with van der Waals surface area (Å²) >= 11 is 0. The van der Waals surface area contributed by atoms with E-state index in [0.29, 0.717) is 24.8 Å². The smallest absolute Gasteiger partial charge is 0.480 e. The number of benzene rings is 1. The molecule has 1 aromatic carbocycles. The molecule has 0 heterocycles. The Bertz CT molecular complexity index is 1040. The summed E-state index contributed by atoms with van der Waals surface area (Å²) in [6, 6.07) is 4.18. The van der Waals surface area contributed by atoms with Gasteiger partial charge >= 0.3 is 24.2 Å². The van der Waals surface area contributed by atoms with Gasteiger partial charge in [0.2, 0.25) is 0 Å². The fraction of sp³-hybridized carbons (Fsp3) is 0.655. The van der Waals surface area contributed by atoms with Gasteiger partial charge in [0.05, 0.1) is 0 Å². The van der Waals surface area contributed by atoms with Crippen molar-refractivity contribution in [3.63, 3.8) is 0 Å². The van der Waals surface area contributed by atoms with Crippen LogP contribution in [-0.4, -0.2) is 52.2 Å². The average Bonchev–Trinajstić information content (AvgIpc) is 2.83. The van der Waals surface area contributed by atoms with E-state index in [9.17, 15) is 24.3 Å². The van der Waals surface area contributed by atoms with Crippen molar-refractivity contribution in [1.82, 2.24) is 0 Å². The SMILES string of the molecule is CCCCC(=O)O[C@@H](C)CC(N)(Cc1ccc(OC(=O)OC(C)(C)CC)c(OC(=O)OC(C)(C)CC)c1)C(=O)O. The van der Waals surface area contributed by atoms with E-state index >= 15 is 0 Å². The Morgan fingerprint density at radius 1 is 0.900 bits per heavy atom. The Hall–Kier alpha value is -3.34. The zero-order valence-corrected chi connectivity index (χ0v) is 25.0. The molecule has 0 bridgehead atoms. The number of unbranched alkanes of at least 4 members (excludes halogenated alkanes) is 1. The monoisotopic (exact) mass is 567 g/mol. The molecule has 0 aliphatic heterocycles. The maximum absolute atomic E-state index is 12.5. The third-order valence-corrected chi connectivity index (χ3v) is 6.48. The van der Waals surface area contributed by atoms with Crippen molar-refractivity contribution in [2.24, 2.45) is 5.73 Å². The Balaban J connectivity index is 3.26. The summed E-state index contributed by atoms with van der Waals surface area (Å²) in [5, 5.41) is 9.94. The van der Waals surface area contributed by atoms with E-state index in [-0.39, 0.29) is 30.8 Å². The molecule has 2 atom stereocenters. The Morgan fingerprint density at radius 2 is 1.43 bits per heavy atom. The number of ether oxygens (including phenoxy) is 5. The molecule has 1 rings (SSSR count). The number of carbonyl (C=O) groups excluding carboxylic acids is 3. The summed E-state index contributed by atoms with van der Waals surface area (Å²) in [6.45, 7) is 14.0. The fourth-order valence-corrected chi connectivity index (χ4v) is 3.40. The normalized spacial score (nSPS) is 13.9. The van der Waals surface area contributed by atoms with E-state index in [1.165, 1.54) is 18.2 Å². The van der Waals surface area contributed by atoms with Gasteiger partial charge in [-0.25, -0.2) is 9.59 Å². The molecule has 0 fully saturated rings. The number of hydrogen-bond donors (Lipinski definition) is 2. The van der Waals surface area contributed by atoms with Crippen LogP contribution < -0.4 is 15.2 Å². The van der Waals surface area contributed by atoms with Crippen LogP contribution in [0.1, 0.15) is 99.5 Å². The van der Waals surface area contributed by atoms with E-state index in [2.05, 4.69) is 0 Å². The molecule has 1 unspecified atom stereocenters. The van der Waals surface area contributed by atoms with Crippen molar-refractivity contribution in [1.29, 1.82) is 0 Å². The summed E-state index contributed by atoms with van der Waals surface area (Å²) < 4.78 is 26.7. The van der Waals surface area contributed by atoms with Gasteiger partial charge in [-0.2, -0.15) is 0 Å². The van der Waals surface area contributed by atoms with Gasteiger partial charge in [-0.15, -0.1) is 0 Å². The van der Waals surface area contributed by atoms with Crippen molar-refractivity contribution in [3.8, 4) is 11.5 Å². The number of aliphatic carboxylic acids is 1. The van der Waals surface area contributed by atoms with Crippen LogP contribution in [0.5, 0.6) is 11.5 Å².